The largest absolute Gasteiger partial charge is 0.493 e. The highest BCUT2D eigenvalue weighted by Crippen LogP contribution is 2.30. The first-order valence-electron chi connectivity index (χ1n) is 13.8. The Bertz CT molecular complexity index is 1330. The van der Waals surface area contributed by atoms with Crippen LogP contribution in [0.5, 0.6) is 5.75 Å². The number of rotatable bonds is 11. The van der Waals surface area contributed by atoms with Gasteiger partial charge in [0, 0.05) is 37.2 Å². The number of pyridine rings is 1. The molecule has 2 fully saturated rings. The minimum atomic E-state index is -3.96. The SMILES string of the molecule is C[C@@](CCn1cc(F)c(-c2ccc(OCC3CCC(OC4CCCCO4)CC3)cc2)cc1=O)(C(=O)O)S(C)(=O)=O. The lowest BCUT2D eigenvalue weighted by molar-refractivity contribution is -0.194. The number of carbonyl (C=O) groups is 1. The minimum absolute atomic E-state index is 0.0602. The summed E-state index contributed by atoms with van der Waals surface area (Å²) in [7, 11) is -3.96. The van der Waals surface area contributed by atoms with Gasteiger partial charge in [-0.15, -0.1) is 0 Å². The summed E-state index contributed by atoms with van der Waals surface area (Å²) < 4.78 is 55.6. The van der Waals surface area contributed by atoms with Crippen LogP contribution < -0.4 is 10.3 Å². The van der Waals surface area contributed by atoms with Crippen molar-refractivity contribution in [1.29, 1.82) is 0 Å². The number of carboxylic acid groups (broad SMARTS) is 1. The number of nitrogens with zero attached hydrogens (tertiary/aromatic N) is 1. The Labute approximate surface area is 234 Å². The van der Waals surface area contributed by atoms with Crippen LogP contribution >= 0.6 is 0 Å². The molecule has 0 spiro atoms. The molecule has 9 nitrogen and oxygen atoms in total. The fraction of sp³-hybridized carbons (Fsp3) is 0.586. The van der Waals surface area contributed by atoms with Crippen molar-refractivity contribution in [2.75, 3.05) is 19.5 Å². The Balaban J connectivity index is 1.30. The molecule has 1 aliphatic carbocycles. The first kappa shape index (κ1) is 30.2. The van der Waals surface area contributed by atoms with Crippen molar-refractivity contribution in [2.24, 2.45) is 5.92 Å². The molecule has 2 heterocycles. The lowest BCUT2D eigenvalue weighted by Gasteiger charge is -2.32. The number of hydrogen-bond donors (Lipinski definition) is 1. The highest BCUT2D eigenvalue weighted by Gasteiger charge is 2.43. The van der Waals surface area contributed by atoms with E-state index >= 15 is 0 Å². The molecule has 2 aliphatic rings. The lowest BCUT2D eigenvalue weighted by atomic mass is 9.88. The number of benzene rings is 1. The second-order valence-electron chi connectivity index (χ2n) is 11.0. The van der Waals surface area contributed by atoms with E-state index in [0.717, 1.165) is 81.6 Å². The number of halogens is 1. The smallest absolute Gasteiger partial charge is 0.324 e. The van der Waals surface area contributed by atoms with Crippen LogP contribution in [0.25, 0.3) is 11.1 Å². The van der Waals surface area contributed by atoms with E-state index < -0.39 is 31.9 Å². The Morgan fingerprint density at radius 1 is 1.15 bits per heavy atom. The summed E-state index contributed by atoms with van der Waals surface area (Å²) in [5.41, 5.74) is 0.0213. The van der Waals surface area contributed by atoms with Gasteiger partial charge in [-0.05, 0) is 81.9 Å². The normalized spacial score (nSPS) is 23.3. The second-order valence-corrected chi connectivity index (χ2v) is 13.5. The summed E-state index contributed by atoms with van der Waals surface area (Å²) in [4.78, 5) is 24.2. The Morgan fingerprint density at radius 2 is 1.85 bits per heavy atom. The Morgan fingerprint density at radius 3 is 2.45 bits per heavy atom. The number of ether oxygens (including phenoxy) is 3. The zero-order valence-corrected chi connectivity index (χ0v) is 23.8. The van der Waals surface area contributed by atoms with Gasteiger partial charge in [0.15, 0.2) is 20.9 Å². The van der Waals surface area contributed by atoms with Gasteiger partial charge in [0.05, 0.1) is 12.7 Å². The zero-order chi connectivity index (χ0) is 28.9. The van der Waals surface area contributed by atoms with Crippen LogP contribution in [-0.2, 0) is 30.7 Å². The van der Waals surface area contributed by atoms with Gasteiger partial charge >= 0.3 is 5.97 Å². The van der Waals surface area contributed by atoms with E-state index in [0.29, 0.717) is 23.8 Å². The number of aromatic nitrogens is 1. The van der Waals surface area contributed by atoms with Crippen LogP contribution in [0.1, 0.15) is 58.3 Å². The van der Waals surface area contributed by atoms with Crippen molar-refractivity contribution in [3.8, 4) is 16.9 Å². The van der Waals surface area contributed by atoms with Crippen LogP contribution in [0, 0.1) is 11.7 Å². The summed E-state index contributed by atoms with van der Waals surface area (Å²) in [6.07, 6.45) is 8.86. The van der Waals surface area contributed by atoms with Gasteiger partial charge in [0.2, 0.25) is 0 Å². The van der Waals surface area contributed by atoms with Crippen molar-refractivity contribution < 1.29 is 36.9 Å². The molecule has 4 rings (SSSR count). The van der Waals surface area contributed by atoms with Gasteiger partial charge in [0.25, 0.3) is 5.56 Å². The van der Waals surface area contributed by atoms with E-state index in [2.05, 4.69) is 0 Å². The summed E-state index contributed by atoms with van der Waals surface area (Å²) in [6.45, 7) is 2.18. The molecule has 1 aromatic carbocycles. The van der Waals surface area contributed by atoms with Crippen molar-refractivity contribution in [2.45, 2.75) is 82.0 Å². The number of aryl methyl sites for hydroxylation is 1. The average Bonchev–Trinajstić information content (AvgIpc) is 2.93. The molecule has 40 heavy (non-hydrogen) atoms. The Kier molecular flexibility index (Phi) is 9.68. The maximum atomic E-state index is 15.0. The molecule has 1 saturated carbocycles. The monoisotopic (exact) mass is 579 g/mol. The van der Waals surface area contributed by atoms with Gasteiger partial charge in [-0.3, -0.25) is 9.59 Å². The highest BCUT2D eigenvalue weighted by molar-refractivity contribution is 7.92. The molecule has 0 bridgehead atoms. The van der Waals surface area contributed by atoms with Crippen LogP contribution in [-0.4, -0.2) is 60.7 Å². The van der Waals surface area contributed by atoms with Crippen LogP contribution in [0.4, 0.5) is 4.39 Å². The molecule has 0 radical (unpaired) electrons. The molecule has 1 unspecified atom stereocenters. The maximum absolute atomic E-state index is 15.0. The fourth-order valence-electron chi connectivity index (χ4n) is 5.14. The third kappa shape index (κ3) is 7.30. The second kappa shape index (κ2) is 12.8. The summed E-state index contributed by atoms with van der Waals surface area (Å²) in [5, 5.41) is 9.40. The van der Waals surface area contributed by atoms with Crippen molar-refractivity contribution in [3.63, 3.8) is 0 Å². The molecular weight excluding hydrogens is 541 g/mol. The molecule has 2 aromatic rings. The van der Waals surface area contributed by atoms with Crippen molar-refractivity contribution >= 4 is 15.8 Å². The number of aliphatic carboxylic acids is 1. The quantitative estimate of drug-likeness (QED) is 0.416. The molecule has 1 saturated heterocycles. The number of sulfone groups is 1. The first-order chi connectivity index (χ1) is 19.0. The van der Waals surface area contributed by atoms with E-state index in [1.807, 2.05) is 0 Å². The predicted molar refractivity (Wildman–Crippen MR) is 148 cm³/mol. The van der Waals surface area contributed by atoms with Crippen LogP contribution in [0.3, 0.4) is 0 Å². The van der Waals surface area contributed by atoms with Gasteiger partial charge in [0.1, 0.15) is 11.6 Å². The highest BCUT2D eigenvalue weighted by atomic mass is 32.2. The summed E-state index contributed by atoms with van der Waals surface area (Å²) >= 11 is 0. The van der Waals surface area contributed by atoms with Gasteiger partial charge in [-0.25, -0.2) is 12.8 Å². The fourth-order valence-corrected chi connectivity index (χ4v) is 5.92. The molecule has 1 aromatic heterocycles. The van der Waals surface area contributed by atoms with Crippen LogP contribution in [0.2, 0.25) is 0 Å². The topological polar surface area (TPSA) is 121 Å². The zero-order valence-electron chi connectivity index (χ0n) is 23.0. The molecule has 1 N–H and O–H groups in total. The Hall–Kier alpha value is -2.76. The molecule has 2 atom stereocenters. The molecule has 0 amide bonds. The van der Waals surface area contributed by atoms with E-state index in [9.17, 15) is 27.5 Å². The lowest BCUT2D eigenvalue weighted by Crippen LogP contribution is -2.44. The third-order valence-corrected chi connectivity index (χ3v) is 10.1. The predicted octanol–water partition coefficient (Wildman–Crippen LogP) is 4.41. The van der Waals surface area contributed by atoms with Gasteiger partial charge < -0.3 is 23.9 Å². The maximum Gasteiger partial charge on any atom is 0.324 e. The first-order valence-corrected chi connectivity index (χ1v) is 15.7. The summed E-state index contributed by atoms with van der Waals surface area (Å²) in [6, 6.07) is 7.96. The molecular formula is C29H38FNO8S. The van der Waals surface area contributed by atoms with Crippen molar-refractivity contribution in [3.05, 3.63) is 52.7 Å². The molecule has 220 valence electrons. The van der Waals surface area contributed by atoms with E-state index in [1.165, 1.54) is 0 Å². The van der Waals surface area contributed by atoms with Crippen LogP contribution in [0.15, 0.2) is 41.3 Å². The van der Waals surface area contributed by atoms with Crippen molar-refractivity contribution in [1.82, 2.24) is 4.57 Å². The van der Waals surface area contributed by atoms with Gasteiger partial charge in [-0.2, -0.15) is 0 Å². The average molecular weight is 580 g/mol. The minimum Gasteiger partial charge on any atom is -0.493 e. The third-order valence-electron chi connectivity index (χ3n) is 8.10. The summed E-state index contributed by atoms with van der Waals surface area (Å²) in [5.74, 6) is -1.11. The number of carboxylic acids is 1. The van der Waals surface area contributed by atoms with Gasteiger partial charge in [-0.1, -0.05) is 12.1 Å². The number of hydrogen-bond acceptors (Lipinski definition) is 7. The van der Waals surface area contributed by atoms with E-state index in [1.54, 1.807) is 24.3 Å². The molecule has 1 aliphatic heterocycles. The van der Waals surface area contributed by atoms with E-state index in [4.69, 9.17) is 14.2 Å². The standard InChI is InChI=1S/C29H38FNO8S/c1-29(28(33)34,40(2,35)36)14-15-31-18-25(30)24(17-26(31)32)21-8-12-22(13-9-21)38-19-20-6-10-23(11-7-20)39-27-5-3-4-16-37-27/h8-9,12-13,17-18,20,23,27H,3-7,10-11,14-16,19H2,1-2H3,(H,33,34)/t20?,23?,27?,29-/m1/s1. The molecule has 11 heteroatoms. The van der Waals surface area contributed by atoms with E-state index in [-0.39, 0.29) is 30.9 Å².